The Morgan fingerprint density at radius 3 is 2.08 bits per heavy atom. The number of esters is 1. The number of nitrogens with zero attached hydrogens (tertiary/aromatic N) is 1. The van der Waals surface area contributed by atoms with Crippen LogP contribution in [0, 0.1) is 0 Å². The van der Waals surface area contributed by atoms with Gasteiger partial charge in [-0.2, -0.15) is 0 Å². The standard InChI is InChI=1S/C19H23NO4/c1-2-17(21)24-14-10-6-4-3-5-9-13-20-18(22)15-11-7-8-12-16(15)19(20)23/h2,7-8,11-12H,1,3-6,9-10,13-14H2. The average Bonchev–Trinajstić information content (AvgIpc) is 2.85. The van der Waals surface area contributed by atoms with Crippen LogP contribution in [0.3, 0.4) is 0 Å². The second-order valence-electron chi connectivity index (χ2n) is 5.80. The van der Waals surface area contributed by atoms with Crippen molar-refractivity contribution in [3.05, 3.63) is 48.0 Å². The van der Waals surface area contributed by atoms with Gasteiger partial charge in [-0.1, -0.05) is 44.4 Å². The summed E-state index contributed by atoms with van der Waals surface area (Å²) in [6.07, 6.45) is 6.89. The zero-order valence-electron chi connectivity index (χ0n) is 13.8. The molecule has 0 fully saturated rings. The lowest BCUT2D eigenvalue weighted by Crippen LogP contribution is -2.30. The molecule has 2 rings (SSSR count). The summed E-state index contributed by atoms with van der Waals surface area (Å²) in [6, 6.07) is 6.96. The summed E-state index contributed by atoms with van der Waals surface area (Å²) in [5.74, 6) is -0.741. The van der Waals surface area contributed by atoms with Crippen LogP contribution in [0.2, 0.25) is 0 Å². The van der Waals surface area contributed by atoms with E-state index < -0.39 is 0 Å². The first kappa shape index (κ1) is 17.9. The minimum atomic E-state index is -0.379. The molecule has 0 saturated carbocycles. The van der Waals surface area contributed by atoms with E-state index in [1.54, 1.807) is 24.3 Å². The predicted octanol–water partition coefficient (Wildman–Crippen LogP) is 3.35. The molecule has 0 aromatic heterocycles. The molecule has 1 aliphatic heterocycles. The SMILES string of the molecule is C=CC(=O)OCCCCCCCCN1C(=O)c2ccccc2C1=O. The molecule has 0 radical (unpaired) electrons. The van der Waals surface area contributed by atoms with Gasteiger partial charge in [0, 0.05) is 12.6 Å². The summed E-state index contributed by atoms with van der Waals surface area (Å²) in [5.41, 5.74) is 1.02. The second-order valence-corrected chi connectivity index (χ2v) is 5.80. The number of benzene rings is 1. The molecule has 1 aliphatic rings. The van der Waals surface area contributed by atoms with Gasteiger partial charge in [0.2, 0.25) is 0 Å². The van der Waals surface area contributed by atoms with E-state index in [1.165, 1.54) is 11.0 Å². The van der Waals surface area contributed by atoms with Crippen LogP contribution in [-0.2, 0) is 9.53 Å². The van der Waals surface area contributed by atoms with E-state index in [2.05, 4.69) is 6.58 Å². The molecule has 1 heterocycles. The zero-order chi connectivity index (χ0) is 17.4. The lowest BCUT2D eigenvalue weighted by Gasteiger charge is -2.13. The molecule has 0 bridgehead atoms. The van der Waals surface area contributed by atoms with Gasteiger partial charge in [-0.05, 0) is 25.0 Å². The van der Waals surface area contributed by atoms with Crippen molar-refractivity contribution in [1.29, 1.82) is 0 Å². The molecule has 0 unspecified atom stereocenters. The van der Waals surface area contributed by atoms with Gasteiger partial charge in [-0.25, -0.2) is 4.79 Å². The molecule has 5 heteroatoms. The number of unbranched alkanes of at least 4 members (excludes halogenated alkanes) is 5. The van der Waals surface area contributed by atoms with Crippen LogP contribution in [0.25, 0.3) is 0 Å². The van der Waals surface area contributed by atoms with Crippen LogP contribution in [0.15, 0.2) is 36.9 Å². The fourth-order valence-electron chi connectivity index (χ4n) is 2.75. The average molecular weight is 329 g/mol. The monoisotopic (exact) mass is 329 g/mol. The maximum Gasteiger partial charge on any atom is 0.330 e. The van der Waals surface area contributed by atoms with Crippen molar-refractivity contribution in [1.82, 2.24) is 4.90 Å². The smallest absolute Gasteiger partial charge is 0.330 e. The Balaban J connectivity index is 1.57. The molecule has 0 atom stereocenters. The molecule has 1 aromatic rings. The van der Waals surface area contributed by atoms with Gasteiger partial charge in [0.25, 0.3) is 11.8 Å². The molecule has 24 heavy (non-hydrogen) atoms. The summed E-state index contributed by atoms with van der Waals surface area (Å²) in [6.45, 7) is 4.25. The van der Waals surface area contributed by atoms with Crippen LogP contribution in [0.1, 0.15) is 59.2 Å². The van der Waals surface area contributed by atoms with Gasteiger partial charge in [-0.15, -0.1) is 0 Å². The summed E-state index contributed by atoms with van der Waals surface area (Å²) >= 11 is 0. The van der Waals surface area contributed by atoms with E-state index in [1.807, 2.05) is 0 Å². The van der Waals surface area contributed by atoms with Gasteiger partial charge in [-0.3, -0.25) is 14.5 Å². The molecular formula is C19H23NO4. The van der Waals surface area contributed by atoms with E-state index in [-0.39, 0.29) is 17.8 Å². The van der Waals surface area contributed by atoms with Crippen LogP contribution in [0.4, 0.5) is 0 Å². The first-order chi connectivity index (χ1) is 11.6. The molecule has 2 amide bonds. The van der Waals surface area contributed by atoms with E-state index in [9.17, 15) is 14.4 Å². The minimum absolute atomic E-state index is 0.181. The van der Waals surface area contributed by atoms with Crippen LogP contribution in [-0.4, -0.2) is 35.8 Å². The van der Waals surface area contributed by atoms with Crippen molar-refractivity contribution in [2.45, 2.75) is 38.5 Å². The van der Waals surface area contributed by atoms with E-state index in [0.717, 1.165) is 38.5 Å². The van der Waals surface area contributed by atoms with Crippen molar-refractivity contribution in [3.63, 3.8) is 0 Å². The summed E-state index contributed by atoms with van der Waals surface area (Å²) < 4.78 is 4.90. The summed E-state index contributed by atoms with van der Waals surface area (Å²) in [7, 11) is 0. The Kier molecular flexibility index (Phi) is 6.73. The normalized spacial score (nSPS) is 13.1. The summed E-state index contributed by atoms with van der Waals surface area (Å²) in [5, 5.41) is 0. The van der Waals surface area contributed by atoms with Gasteiger partial charge in [0.1, 0.15) is 0 Å². The molecule has 5 nitrogen and oxygen atoms in total. The first-order valence-electron chi connectivity index (χ1n) is 8.39. The molecule has 128 valence electrons. The molecule has 1 aromatic carbocycles. The van der Waals surface area contributed by atoms with E-state index in [0.29, 0.717) is 24.3 Å². The lowest BCUT2D eigenvalue weighted by atomic mass is 10.1. The van der Waals surface area contributed by atoms with Crippen molar-refractivity contribution in [3.8, 4) is 0 Å². The highest BCUT2D eigenvalue weighted by Crippen LogP contribution is 2.22. The topological polar surface area (TPSA) is 63.7 Å². The number of ether oxygens (including phenoxy) is 1. The van der Waals surface area contributed by atoms with Crippen molar-refractivity contribution in [2.24, 2.45) is 0 Å². The lowest BCUT2D eigenvalue weighted by molar-refractivity contribution is -0.137. The molecule has 0 saturated heterocycles. The summed E-state index contributed by atoms with van der Waals surface area (Å²) in [4.78, 5) is 36.6. The number of hydrogen-bond donors (Lipinski definition) is 0. The number of carbonyl (C=O) groups is 3. The number of carbonyl (C=O) groups excluding carboxylic acids is 3. The molecule has 0 spiro atoms. The third-order valence-electron chi connectivity index (χ3n) is 4.07. The Morgan fingerprint density at radius 2 is 1.50 bits per heavy atom. The first-order valence-corrected chi connectivity index (χ1v) is 8.39. The molecule has 0 N–H and O–H groups in total. The fraction of sp³-hybridized carbons (Fsp3) is 0.421. The zero-order valence-corrected chi connectivity index (χ0v) is 13.8. The van der Waals surface area contributed by atoms with Crippen molar-refractivity contribution < 1.29 is 19.1 Å². The quantitative estimate of drug-likeness (QED) is 0.286. The Bertz CT molecular complexity index is 589. The van der Waals surface area contributed by atoms with E-state index >= 15 is 0 Å². The van der Waals surface area contributed by atoms with Crippen LogP contribution >= 0.6 is 0 Å². The largest absolute Gasteiger partial charge is 0.463 e. The highest BCUT2D eigenvalue weighted by atomic mass is 16.5. The molecular weight excluding hydrogens is 306 g/mol. The third-order valence-corrected chi connectivity index (χ3v) is 4.07. The maximum atomic E-state index is 12.2. The van der Waals surface area contributed by atoms with Crippen molar-refractivity contribution >= 4 is 17.8 Å². The Morgan fingerprint density at radius 1 is 0.958 bits per heavy atom. The highest BCUT2D eigenvalue weighted by Gasteiger charge is 2.34. The maximum absolute atomic E-state index is 12.2. The fourth-order valence-corrected chi connectivity index (χ4v) is 2.75. The van der Waals surface area contributed by atoms with Crippen LogP contribution < -0.4 is 0 Å². The van der Waals surface area contributed by atoms with Gasteiger partial charge in [0.15, 0.2) is 0 Å². The van der Waals surface area contributed by atoms with Gasteiger partial charge >= 0.3 is 5.97 Å². The highest BCUT2D eigenvalue weighted by molar-refractivity contribution is 6.21. The number of imide groups is 1. The number of rotatable bonds is 10. The Hall–Kier alpha value is -2.43. The molecule has 0 aliphatic carbocycles. The number of hydrogen-bond acceptors (Lipinski definition) is 4. The van der Waals surface area contributed by atoms with Crippen molar-refractivity contribution in [2.75, 3.05) is 13.2 Å². The van der Waals surface area contributed by atoms with Gasteiger partial charge < -0.3 is 4.74 Å². The predicted molar refractivity (Wildman–Crippen MR) is 90.7 cm³/mol. The Labute approximate surface area is 142 Å². The number of fused-ring (bicyclic) bond motifs is 1. The third kappa shape index (κ3) is 4.54. The minimum Gasteiger partial charge on any atom is -0.463 e. The van der Waals surface area contributed by atoms with Crippen LogP contribution in [0.5, 0.6) is 0 Å². The van der Waals surface area contributed by atoms with E-state index in [4.69, 9.17) is 4.74 Å². The second kappa shape index (κ2) is 9.01. The van der Waals surface area contributed by atoms with Gasteiger partial charge in [0.05, 0.1) is 17.7 Å². The number of amides is 2.